The molecule has 0 saturated carbocycles. The SMILES string of the molecule is Nc1nnc(-c2cc3cccc(Cl)c3o2)c2ccccc12. The van der Waals surface area contributed by atoms with Crippen molar-refractivity contribution in [2.24, 2.45) is 0 Å². The van der Waals surface area contributed by atoms with Gasteiger partial charge in [-0.15, -0.1) is 10.2 Å². The minimum absolute atomic E-state index is 0.406. The van der Waals surface area contributed by atoms with E-state index in [0.717, 1.165) is 16.2 Å². The van der Waals surface area contributed by atoms with E-state index in [4.69, 9.17) is 21.8 Å². The Morgan fingerprint density at radius 3 is 2.57 bits per heavy atom. The number of fused-ring (bicyclic) bond motifs is 2. The molecule has 0 saturated heterocycles. The largest absolute Gasteiger partial charge is 0.453 e. The van der Waals surface area contributed by atoms with Crippen LogP contribution in [0, 0.1) is 0 Å². The third-order valence-corrected chi connectivity index (χ3v) is 3.74. The molecule has 21 heavy (non-hydrogen) atoms. The number of hydrogen-bond acceptors (Lipinski definition) is 4. The van der Waals surface area contributed by atoms with Gasteiger partial charge in [-0.2, -0.15) is 0 Å². The molecule has 0 radical (unpaired) electrons. The number of nitrogens with two attached hydrogens (primary N) is 1. The van der Waals surface area contributed by atoms with Crippen LogP contribution in [0.4, 0.5) is 5.82 Å². The first-order valence-corrected chi connectivity index (χ1v) is 6.81. The van der Waals surface area contributed by atoms with E-state index in [9.17, 15) is 0 Å². The van der Waals surface area contributed by atoms with Crippen LogP contribution in [0.25, 0.3) is 33.2 Å². The van der Waals surface area contributed by atoms with Crippen molar-refractivity contribution in [1.82, 2.24) is 10.2 Å². The minimum Gasteiger partial charge on any atom is -0.453 e. The normalized spacial score (nSPS) is 11.3. The van der Waals surface area contributed by atoms with E-state index >= 15 is 0 Å². The summed E-state index contributed by atoms with van der Waals surface area (Å²) in [5.41, 5.74) is 7.19. The maximum Gasteiger partial charge on any atom is 0.156 e. The predicted molar refractivity (Wildman–Crippen MR) is 84.2 cm³/mol. The maximum atomic E-state index is 6.15. The Morgan fingerprint density at radius 1 is 0.952 bits per heavy atom. The Morgan fingerprint density at radius 2 is 1.76 bits per heavy atom. The summed E-state index contributed by atoms with van der Waals surface area (Å²) in [7, 11) is 0. The molecule has 0 bridgehead atoms. The minimum atomic E-state index is 0.406. The summed E-state index contributed by atoms with van der Waals surface area (Å²) < 4.78 is 5.86. The van der Waals surface area contributed by atoms with Gasteiger partial charge in [0.25, 0.3) is 0 Å². The summed E-state index contributed by atoms with van der Waals surface area (Å²) in [5, 5.41) is 11.5. The highest BCUT2D eigenvalue weighted by Gasteiger charge is 2.14. The molecule has 102 valence electrons. The number of para-hydroxylation sites is 1. The molecule has 4 aromatic rings. The van der Waals surface area contributed by atoms with Crippen molar-refractivity contribution in [2.45, 2.75) is 0 Å². The Hall–Kier alpha value is -2.59. The number of hydrogen-bond donors (Lipinski definition) is 1. The van der Waals surface area contributed by atoms with Crippen molar-refractivity contribution in [3.8, 4) is 11.5 Å². The van der Waals surface area contributed by atoms with Crippen LogP contribution < -0.4 is 5.73 Å². The number of furan rings is 1. The zero-order valence-corrected chi connectivity index (χ0v) is 11.6. The maximum absolute atomic E-state index is 6.15. The van der Waals surface area contributed by atoms with Crippen molar-refractivity contribution >= 4 is 39.2 Å². The lowest BCUT2D eigenvalue weighted by Crippen LogP contribution is -1.96. The van der Waals surface area contributed by atoms with E-state index in [2.05, 4.69) is 10.2 Å². The Kier molecular flexibility index (Phi) is 2.59. The smallest absolute Gasteiger partial charge is 0.156 e. The predicted octanol–water partition coefficient (Wildman–Crippen LogP) is 4.28. The highest BCUT2D eigenvalue weighted by Crippen LogP contribution is 2.34. The lowest BCUT2D eigenvalue weighted by molar-refractivity contribution is 0.628. The van der Waals surface area contributed by atoms with E-state index < -0.39 is 0 Å². The first kappa shape index (κ1) is 12.2. The van der Waals surface area contributed by atoms with E-state index in [1.807, 2.05) is 42.5 Å². The molecule has 2 aromatic heterocycles. The molecule has 2 heterocycles. The molecule has 0 fully saturated rings. The standard InChI is InChI=1S/C16H10ClN3O/c17-12-7-3-4-9-8-13(21-15(9)12)14-10-5-1-2-6-11(10)16(18)20-19-14/h1-8H,(H2,18,20). The summed E-state index contributed by atoms with van der Waals surface area (Å²) in [6, 6.07) is 15.3. The van der Waals surface area contributed by atoms with Crippen molar-refractivity contribution in [3.05, 3.63) is 53.6 Å². The molecule has 0 spiro atoms. The van der Waals surface area contributed by atoms with E-state index in [-0.39, 0.29) is 0 Å². The molecule has 0 atom stereocenters. The fourth-order valence-corrected chi connectivity index (χ4v) is 2.67. The molecule has 4 rings (SSSR count). The van der Waals surface area contributed by atoms with Gasteiger partial charge in [-0.05, 0) is 12.1 Å². The van der Waals surface area contributed by atoms with Crippen LogP contribution >= 0.6 is 11.6 Å². The molecule has 0 aliphatic heterocycles. The highest BCUT2D eigenvalue weighted by atomic mass is 35.5. The van der Waals surface area contributed by atoms with Gasteiger partial charge < -0.3 is 10.2 Å². The van der Waals surface area contributed by atoms with Crippen LogP contribution in [0.15, 0.2) is 52.9 Å². The van der Waals surface area contributed by atoms with Gasteiger partial charge in [-0.25, -0.2) is 0 Å². The first-order chi connectivity index (χ1) is 10.2. The number of aromatic nitrogens is 2. The summed E-state index contributed by atoms with van der Waals surface area (Å²) in [6.07, 6.45) is 0. The van der Waals surface area contributed by atoms with Crippen LogP contribution in [0.1, 0.15) is 0 Å². The third-order valence-electron chi connectivity index (χ3n) is 3.45. The van der Waals surface area contributed by atoms with Crippen molar-refractivity contribution in [2.75, 3.05) is 5.73 Å². The molecule has 5 heteroatoms. The molecule has 0 unspecified atom stereocenters. The van der Waals surface area contributed by atoms with Crippen LogP contribution in [0.3, 0.4) is 0 Å². The van der Waals surface area contributed by atoms with Gasteiger partial charge >= 0.3 is 0 Å². The lowest BCUT2D eigenvalue weighted by atomic mass is 10.1. The Labute approximate surface area is 125 Å². The van der Waals surface area contributed by atoms with Crippen molar-refractivity contribution in [3.63, 3.8) is 0 Å². The van der Waals surface area contributed by atoms with E-state index in [0.29, 0.717) is 27.9 Å². The van der Waals surface area contributed by atoms with Gasteiger partial charge in [-0.3, -0.25) is 0 Å². The van der Waals surface area contributed by atoms with Crippen LogP contribution in [0.2, 0.25) is 5.02 Å². The van der Waals surface area contributed by atoms with Gasteiger partial charge in [0.15, 0.2) is 17.2 Å². The zero-order chi connectivity index (χ0) is 14.4. The Bertz CT molecular complexity index is 978. The number of nitrogen functional groups attached to an aromatic ring is 1. The molecule has 2 aromatic carbocycles. The summed E-state index contributed by atoms with van der Waals surface area (Å²) in [5.74, 6) is 1.03. The molecule has 2 N–H and O–H groups in total. The molecular formula is C16H10ClN3O. The second-order valence-electron chi connectivity index (χ2n) is 4.75. The van der Waals surface area contributed by atoms with Gasteiger partial charge in [0.2, 0.25) is 0 Å². The molecular weight excluding hydrogens is 286 g/mol. The van der Waals surface area contributed by atoms with Crippen LogP contribution in [-0.4, -0.2) is 10.2 Å². The number of rotatable bonds is 1. The Balaban J connectivity index is 2.05. The summed E-state index contributed by atoms with van der Waals surface area (Å²) in [6.45, 7) is 0. The lowest BCUT2D eigenvalue weighted by Gasteiger charge is -2.03. The van der Waals surface area contributed by atoms with Crippen LogP contribution in [-0.2, 0) is 0 Å². The number of anilines is 1. The summed E-state index contributed by atoms with van der Waals surface area (Å²) in [4.78, 5) is 0. The third kappa shape index (κ3) is 1.84. The number of halogens is 1. The molecule has 0 aliphatic carbocycles. The quantitative estimate of drug-likeness (QED) is 0.569. The number of nitrogens with zero attached hydrogens (tertiary/aromatic N) is 2. The van der Waals surface area contributed by atoms with Gasteiger partial charge in [0, 0.05) is 16.2 Å². The van der Waals surface area contributed by atoms with Gasteiger partial charge in [0.1, 0.15) is 5.69 Å². The number of benzene rings is 2. The van der Waals surface area contributed by atoms with Gasteiger partial charge in [0.05, 0.1) is 5.02 Å². The second-order valence-corrected chi connectivity index (χ2v) is 5.16. The fourth-order valence-electron chi connectivity index (χ4n) is 2.45. The highest BCUT2D eigenvalue weighted by molar-refractivity contribution is 6.34. The fraction of sp³-hybridized carbons (Fsp3) is 0. The second kappa shape index (κ2) is 4.46. The zero-order valence-electron chi connectivity index (χ0n) is 10.9. The average molecular weight is 296 g/mol. The first-order valence-electron chi connectivity index (χ1n) is 6.43. The van der Waals surface area contributed by atoms with Crippen molar-refractivity contribution in [1.29, 1.82) is 0 Å². The molecule has 0 aliphatic rings. The molecule has 4 nitrogen and oxygen atoms in total. The topological polar surface area (TPSA) is 64.9 Å². The van der Waals surface area contributed by atoms with Crippen molar-refractivity contribution < 1.29 is 4.42 Å². The summed E-state index contributed by atoms with van der Waals surface area (Å²) >= 11 is 6.15. The molecule has 0 amide bonds. The van der Waals surface area contributed by atoms with Crippen LogP contribution in [0.5, 0.6) is 0 Å². The average Bonchev–Trinajstić information content (AvgIpc) is 2.93. The van der Waals surface area contributed by atoms with E-state index in [1.54, 1.807) is 6.07 Å². The monoisotopic (exact) mass is 295 g/mol. The van der Waals surface area contributed by atoms with Gasteiger partial charge in [-0.1, -0.05) is 48.0 Å². The van der Waals surface area contributed by atoms with E-state index in [1.165, 1.54) is 0 Å².